The molecular formula is C22H18N4O4S2. The van der Waals surface area contributed by atoms with Gasteiger partial charge in [-0.3, -0.25) is 24.3 Å². The van der Waals surface area contributed by atoms with Crippen molar-refractivity contribution in [2.75, 3.05) is 5.32 Å². The Hall–Kier alpha value is -3.50. The van der Waals surface area contributed by atoms with Gasteiger partial charge >= 0.3 is 0 Å². The molecule has 0 aliphatic heterocycles. The number of nitro groups is 1. The van der Waals surface area contributed by atoms with Crippen LogP contribution in [0.5, 0.6) is 0 Å². The van der Waals surface area contributed by atoms with Gasteiger partial charge in [0.1, 0.15) is 4.83 Å². The van der Waals surface area contributed by atoms with E-state index < -0.39 is 10.2 Å². The highest BCUT2D eigenvalue weighted by atomic mass is 32.2. The third-order valence-electron chi connectivity index (χ3n) is 4.83. The molecule has 32 heavy (non-hydrogen) atoms. The Morgan fingerprint density at radius 1 is 1.22 bits per heavy atom. The summed E-state index contributed by atoms with van der Waals surface area (Å²) < 4.78 is 1.45. The molecule has 2 heterocycles. The highest BCUT2D eigenvalue weighted by molar-refractivity contribution is 8.00. The molecule has 4 rings (SSSR count). The van der Waals surface area contributed by atoms with Crippen LogP contribution in [0, 0.1) is 10.1 Å². The lowest BCUT2D eigenvalue weighted by atomic mass is 10.1. The van der Waals surface area contributed by atoms with E-state index in [1.807, 2.05) is 35.7 Å². The van der Waals surface area contributed by atoms with Gasteiger partial charge in [-0.1, -0.05) is 48.2 Å². The largest absolute Gasteiger partial charge is 0.325 e. The molecule has 0 spiro atoms. The number of non-ortho nitro benzene ring substituents is 1. The molecule has 0 aliphatic rings. The first-order chi connectivity index (χ1) is 15.3. The van der Waals surface area contributed by atoms with Crippen LogP contribution in [-0.2, 0) is 11.8 Å². The molecule has 8 nitrogen and oxygen atoms in total. The molecule has 0 fully saturated rings. The Labute approximate surface area is 191 Å². The average Bonchev–Trinajstić information content (AvgIpc) is 3.22. The number of thioether (sulfide) groups is 1. The number of nitrogens with one attached hydrogen (secondary N) is 1. The summed E-state index contributed by atoms with van der Waals surface area (Å²) in [5, 5.41) is 15.9. The van der Waals surface area contributed by atoms with Gasteiger partial charge in [0.15, 0.2) is 5.16 Å². The molecule has 4 aromatic rings. The van der Waals surface area contributed by atoms with Crippen LogP contribution >= 0.6 is 23.1 Å². The lowest BCUT2D eigenvalue weighted by Gasteiger charge is -2.13. The third-order valence-corrected chi connectivity index (χ3v) is 6.85. The van der Waals surface area contributed by atoms with Crippen molar-refractivity contribution in [3.63, 3.8) is 0 Å². The molecule has 0 saturated heterocycles. The normalized spacial score (nSPS) is 11.9. The van der Waals surface area contributed by atoms with E-state index in [4.69, 9.17) is 0 Å². The second kappa shape index (κ2) is 8.93. The molecule has 1 amide bonds. The summed E-state index contributed by atoms with van der Waals surface area (Å²) in [6.45, 7) is 1.69. The van der Waals surface area contributed by atoms with Crippen LogP contribution in [0.1, 0.15) is 6.92 Å². The van der Waals surface area contributed by atoms with Crippen LogP contribution in [0.25, 0.3) is 21.3 Å². The maximum absolute atomic E-state index is 13.1. The molecule has 1 N–H and O–H groups in total. The topological polar surface area (TPSA) is 107 Å². The van der Waals surface area contributed by atoms with Crippen LogP contribution < -0.4 is 10.9 Å². The number of hydrogen-bond acceptors (Lipinski definition) is 7. The zero-order chi connectivity index (χ0) is 22.8. The summed E-state index contributed by atoms with van der Waals surface area (Å²) in [5.41, 5.74) is 1.84. The Bertz CT molecular complexity index is 1380. The van der Waals surface area contributed by atoms with Crippen LogP contribution in [-0.4, -0.2) is 25.6 Å². The number of nitro benzene ring substituents is 1. The molecule has 162 valence electrons. The Morgan fingerprint density at radius 3 is 2.69 bits per heavy atom. The number of hydrogen-bond donors (Lipinski definition) is 1. The van der Waals surface area contributed by atoms with E-state index in [0.717, 1.165) is 22.9 Å². The first-order valence-electron chi connectivity index (χ1n) is 9.61. The fraction of sp³-hybridized carbons (Fsp3) is 0.136. The molecule has 10 heteroatoms. The molecule has 0 radical (unpaired) electrons. The summed E-state index contributed by atoms with van der Waals surface area (Å²) in [5.74, 6) is -0.346. The number of anilines is 1. The SMILES string of the molecule is CC(Sc1nc2scc(-c3ccccc3)c2c(=O)n1C)C(=O)Nc1cccc([N+](=O)[O-])c1. The van der Waals surface area contributed by atoms with Gasteiger partial charge in [-0.25, -0.2) is 4.98 Å². The second-order valence-corrected chi connectivity index (χ2v) is 9.18. The molecule has 0 saturated carbocycles. The van der Waals surface area contributed by atoms with E-state index in [-0.39, 0.29) is 17.2 Å². The van der Waals surface area contributed by atoms with Gasteiger partial charge in [0.2, 0.25) is 5.91 Å². The van der Waals surface area contributed by atoms with Gasteiger partial charge in [-0.15, -0.1) is 11.3 Å². The number of aromatic nitrogens is 2. The van der Waals surface area contributed by atoms with E-state index in [9.17, 15) is 19.7 Å². The van der Waals surface area contributed by atoms with E-state index in [1.165, 1.54) is 34.1 Å². The van der Waals surface area contributed by atoms with E-state index in [2.05, 4.69) is 10.3 Å². The Morgan fingerprint density at radius 2 is 1.97 bits per heavy atom. The molecule has 0 aliphatic carbocycles. The fourth-order valence-corrected chi connectivity index (χ4v) is 5.00. The van der Waals surface area contributed by atoms with Crippen molar-refractivity contribution < 1.29 is 9.72 Å². The van der Waals surface area contributed by atoms with Crippen molar-refractivity contribution >= 4 is 50.6 Å². The lowest BCUT2D eigenvalue weighted by Crippen LogP contribution is -2.25. The average molecular weight is 467 g/mol. The number of thiophene rings is 1. The highest BCUT2D eigenvalue weighted by Crippen LogP contribution is 2.32. The van der Waals surface area contributed by atoms with Gasteiger partial charge in [-0.2, -0.15) is 0 Å². The number of amides is 1. The fourth-order valence-electron chi connectivity index (χ4n) is 3.14. The lowest BCUT2D eigenvalue weighted by molar-refractivity contribution is -0.384. The highest BCUT2D eigenvalue weighted by Gasteiger charge is 2.21. The summed E-state index contributed by atoms with van der Waals surface area (Å²) in [4.78, 5) is 41.4. The molecular weight excluding hydrogens is 448 g/mol. The summed E-state index contributed by atoms with van der Waals surface area (Å²) >= 11 is 2.54. The van der Waals surface area contributed by atoms with E-state index in [0.29, 0.717) is 21.1 Å². The van der Waals surface area contributed by atoms with E-state index >= 15 is 0 Å². The quantitative estimate of drug-likeness (QED) is 0.191. The summed E-state index contributed by atoms with van der Waals surface area (Å²) in [6.07, 6.45) is 0. The first kappa shape index (κ1) is 21.7. The third kappa shape index (κ3) is 4.27. The number of benzene rings is 2. The zero-order valence-corrected chi connectivity index (χ0v) is 18.8. The minimum atomic E-state index is -0.585. The summed E-state index contributed by atoms with van der Waals surface area (Å²) in [6, 6.07) is 15.4. The van der Waals surface area contributed by atoms with Crippen molar-refractivity contribution in [3.8, 4) is 11.1 Å². The molecule has 1 atom stereocenters. The van der Waals surface area contributed by atoms with E-state index in [1.54, 1.807) is 20.0 Å². The number of rotatable bonds is 6. The Balaban J connectivity index is 1.58. The number of nitrogens with zero attached hydrogens (tertiary/aromatic N) is 3. The van der Waals surface area contributed by atoms with Gasteiger partial charge in [0.25, 0.3) is 11.2 Å². The molecule has 0 bridgehead atoms. The second-order valence-electron chi connectivity index (χ2n) is 7.01. The number of fused-ring (bicyclic) bond motifs is 1. The van der Waals surface area contributed by atoms with Crippen LogP contribution in [0.2, 0.25) is 0 Å². The molecule has 1 unspecified atom stereocenters. The minimum absolute atomic E-state index is 0.107. The minimum Gasteiger partial charge on any atom is -0.325 e. The monoisotopic (exact) mass is 466 g/mol. The maximum Gasteiger partial charge on any atom is 0.271 e. The van der Waals surface area contributed by atoms with Gasteiger partial charge in [0.05, 0.1) is 15.6 Å². The number of carbonyl (C=O) groups excluding carboxylic acids is 1. The van der Waals surface area contributed by atoms with Crippen molar-refractivity contribution in [1.29, 1.82) is 0 Å². The predicted octanol–water partition coefficient (Wildman–Crippen LogP) is 4.69. The van der Waals surface area contributed by atoms with Crippen molar-refractivity contribution in [2.24, 2.45) is 7.05 Å². The standard InChI is InChI=1S/C22H18N4O4S2/c1-13(19(27)23-15-9-6-10-16(11-15)26(29)30)32-22-24-20-18(21(28)25(22)2)17(12-31-20)14-7-4-3-5-8-14/h3-13H,1-2H3,(H,23,27). The van der Waals surface area contributed by atoms with Crippen LogP contribution in [0.3, 0.4) is 0 Å². The maximum atomic E-state index is 13.1. The molecule has 2 aromatic carbocycles. The Kier molecular flexibility index (Phi) is 6.06. The number of carbonyl (C=O) groups is 1. The van der Waals surface area contributed by atoms with Gasteiger partial charge in [-0.05, 0) is 18.6 Å². The summed E-state index contributed by atoms with van der Waals surface area (Å²) in [7, 11) is 1.63. The van der Waals surface area contributed by atoms with Crippen LogP contribution in [0.15, 0.2) is 69.9 Å². The smallest absolute Gasteiger partial charge is 0.271 e. The van der Waals surface area contributed by atoms with Crippen molar-refractivity contribution in [3.05, 3.63) is 80.4 Å². The van der Waals surface area contributed by atoms with Gasteiger partial charge < -0.3 is 5.32 Å². The van der Waals surface area contributed by atoms with Crippen LogP contribution in [0.4, 0.5) is 11.4 Å². The van der Waals surface area contributed by atoms with Crippen molar-refractivity contribution in [2.45, 2.75) is 17.3 Å². The predicted molar refractivity (Wildman–Crippen MR) is 127 cm³/mol. The molecule has 2 aromatic heterocycles. The first-order valence-corrected chi connectivity index (χ1v) is 11.4. The zero-order valence-electron chi connectivity index (χ0n) is 17.1. The van der Waals surface area contributed by atoms with Crippen molar-refractivity contribution in [1.82, 2.24) is 9.55 Å². The van der Waals surface area contributed by atoms with Gasteiger partial charge in [0, 0.05) is 35.8 Å².